The maximum Gasteiger partial charge on any atom is 0.0867 e. The van der Waals surface area contributed by atoms with E-state index in [0.29, 0.717) is 0 Å². The topological polar surface area (TPSA) is 13.0 Å². The Hall–Kier alpha value is -2.62. The van der Waals surface area contributed by atoms with E-state index in [0.717, 1.165) is 26.2 Å². The van der Waals surface area contributed by atoms with E-state index in [4.69, 9.17) is 0 Å². The van der Waals surface area contributed by atoms with Crippen molar-refractivity contribution in [3.05, 3.63) is 36.4 Å². The third kappa shape index (κ3) is 3.64. The fourth-order valence-corrected chi connectivity index (χ4v) is 4.24. The number of anilines is 4. The molecule has 0 aliphatic carbocycles. The van der Waals surface area contributed by atoms with Gasteiger partial charge in [-0.3, -0.25) is 0 Å². The molecule has 0 heterocycles. The van der Waals surface area contributed by atoms with Crippen LogP contribution in [0.2, 0.25) is 0 Å². The minimum atomic E-state index is 0.962. The molecule has 4 nitrogen and oxygen atoms in total. The number of benzene rings is 3. The highest BCUT2D eigenvalue weighted by molar-refractivity contribution is 6.18. The van der Waals surface area contributed by atoms with Crippen LogP contribution < -0.4 is 19.6 Å². The summed E-state index contributed by atoms with van der Waals surface area (Å²) in [5.41, 5.74) is 5.30. The molecule has 0 aromatic heterocycles. The monoisotopic (exact) mass is 406 g/mol. The number of rotatable bonds is 8. The molecule has 0 saturated heterocycles. The Kier molecular flexibility index (Phi) is 6.64. The van der Waals surface area contributed by atoms with Crippen molar-refractivity contribution in [2.75, 3.05) is 74.0 Å². The SMILES string of the molecule is CCN(C)c1c(N(C)CC)c(N(C)CC)c2cc3ccccc3cc2c1N(C)CC. The Morgan fingerprint density at radius 2 is 0.800 bits per heavy atom. The van der Waals surface area contributed by atoms with Crippen LogP contribution in [0.5, 0.6) is 0 Å². The number of nitrogens with zero attached hydrogens (tertiary/aromatic N) is 4. The smallest absolute Gasteiger partial charge is 0.0867 e. The summed E-state index contributed by atoms with van der Waals surface area (Å²) >= 11 is 0. The summed E-state index contributed by atoms with van der Waals surface area (Å²) in [5.74, 6) is 0. The molecule has 0 aliphatic rings. The maximum atomic E-state index is 2.41. The molecule has 30 heavy (non-hydrogen) atoms. The summed E-state index contributed by atoms with van der Waals surface area (Å²) < 4.78 is 0. The predicted octanol–water partition coefficient (Wildman–Crippen LogP) is 5.82. The minimum Gasteiger partial charge on any atom is -0.373 e. The molecular weight excluding hydrogens is 368 g/mol. The molecule has 0 radical (unpaired) electrons. The quantitative estimate of drug-likeness (QED) is 0.437. The number of hydrogen-bond donors (Lipinski definition) is 0. The van der Waals surface area contributed by atoms with Crippen LogP contribution in [0.4, 0.5) is 22.7 Å². The third-order valence-electron chi connectivity index (χ3n) is 6.49. The van der Waals surface area contributed by atoms with Gasteiger partial charge < -0.3 is 19.6 Å². The Morgan fingerprint density at radius 1 is 0.500 bits per heavy atom. The van der Waals surface area contributed by atoms with Gasteiger partial charge >= 0.3 is 0 Å². The van der Waals surface area contributed by atoms with Crippen molar-refractivity contribution >= 4 is 44.3 Å². The predicted molar refractivity (Wildman–Crippen MR) is 137 cm³/mol. The Bertz CT molecular complexity index is 945. The average molecular weight is 407 g/mol. The van der Waals surface area contributed by atoms with E-state index in [1.807, 2.05) is 0 Å². The molecule has 3 aromatic carbocycles. The highest BCUT2D eigenvalue weighted by atomic mass is 15.2. The second-order valence-electron chi connectivity index (χ2n) is 8.20. The van der Waals surface area contributed by atoms with Crippen LogP contribution in [0.15, 0.2) is 36.4 Å². The number of fused-ring (bicyclic) bond motifs is 2. The van der Waals surface area contributed by atoms with Crippen molar-refractivity contribution in [2.45, 2.75) is 27.7 Å². The van der Waals surface area contributed by atoms with Crippen molar-refractivity contribution < 1.29 is 0 Å². The van der Waals surface area contributed by atoms with Crippen molar-refractivity contribution in [1.82, 2.24) is 0 Å². The standard InChI is InChI=1S/C26H38N4/c1-9-27(5)23-21-17-19-15-13-14-16-20(19)18-22(21)24(28(6)10-2)26(30(8)12-4)25(23)29(7)11-3/h13-18H,9-12H2,1-8H3. The highest BCUT2D eigenvalue weighted by Crippen LogP contribution is 2.51. The lowest BCUT2D eigenvalue weighted by atomic mass is 9.96. The molecule has 4 heteroatoms. The van der Waals surface area contributed by atoms with Gasteiger partial charge in [0.1, 0.15) is 0 Å². The maximum absolute atomic E-state index is 2.41. The summed E-state index contributed by atoms with van der Waals surface area (Å²) in [5, 5.41) is 5.25. The van der Waals surface area contributed by atoms with Crippen LogP contribution in [0.1, 0.15) is 27.7 Å². The van der Waals surface area contributed by atoms with Gasteiger partial charge in [0.05, 0.1) is 22.7 Å². The normalized spacial score (nSPS) is 11.2. The Morgan fingerprint density at radius 3 is 1.10 bits per heavy atom. The minimum absolute atomic E-state index is 0.962. The van der Waals surface area contributed by atoms with Crippen LogP contribution in [-0.2, 0) is 0 Å². The van der Waals surface area contributed by atoms with Gasteiger partial charge in [-0.25, -0.2) is 0 Å². The molecule has 3 aromatic rings. The van der Waals surface area contributed by atoms with E-state index in [2.05, 4.69) is 112 Å². The first-order valence-corrected chi connectivity index (χ1v) is 11.3. The summed E-state index contributed by atoms with van der Waals surface area (Å²) in [6.45, 7) is 12.8. The van der Waals surface area contributed by atoms with Crippen LogP contribution in [0.25, 0.3) is 21.5 Å². The Labute approximate surface area is 182 Å². The van der Waals surface area contributed by atoms with E-state index in [1.54, 1.807) is 0 Å². The van der Waals surface area contributed by atoms with Crippen molar-refractivity contribution in [3.8, 4) is 0 Å². The second kappa shape index (κ2) is 9.03. The summed E-state index contributed by atoms with van der Waals surface area (Å²) in [6.07, 6.45) is 0. The van der Waals surface area contributed by atoms with Gasteiger partial charge in [0.2, 0.25) is 0 Å². The highest BCUT2D eigenvalue weighted by Gasteiger charge is 2.27. The zero-order chi connectivity index (χ0) is 22.0. The van der Waals surface area contributed by atoms with Gasteiger partial charge in [-0.15, -0.1) is 0 Å². The van der Waals surface area contributed by atoms with Crippen molar-refractivity contribution in [2.24, 2.45) is 0 Å². The molecule has 0 aliphatic heterocycles. The second-order valence-corrected chi connectivity index (χ2v) is 8.20. The van der Waals surface area contributed by atoms with Crippen LogP contribution in [-0.4, -0.2) is 54.4 Å². The first-order valence-electron chi connectivity index (χ1n) is 11.3. The van der Waals surface area contributed by atoms with E-state index in [-0.39, 0.29) is 0 Å². The van der Waals surface area contributed by atoms with Crippen molar-refractivity contribution in [1.29, 1.82) is 0 Å². The molecule has 0 fully saturated rings. The summed E-state index contributed by atoms with van der Waals surface area (Å²) in [4.78, 5) is 9.62. The lowest BCUT2D eigenvalue weighted by Gasteiger charge is -2.37. The van der Waals surface area contributed by atoms with E-state index < -0.39 is 0 Å². The zero-order valence-electron chi connectivity index (χ0n) is 20.1. The van der Waals surface area contributed by atoms with E-state index >= 15 is 0 Å². The van der Waals surface area contributed by atoms with Crippen LogP contribution >= 0.6 is 0 Å². The molecule has 0 N–H and O–H groups in total. The third-order valence-corrected chi connectivity index (χ3v) is 6.49. The van der Waals surface area contributed by atoms with Gasteiger partial charge in [0.25, 0.3) is 0 Å². The van der Waals surface area contributed by atoms with Gasteiger partial charge in [0, 0.05) is 65.1 Å². The Balaban J connectivity index is 2.63. The van der Waals surface area contributed by atoms with E-state index in [9.17, 15) is 0 Å². The molecule has 0 amide bonds. The van der Waals surface area contributed by atoms with Crippen LogP contribution in [0.3, 0.4) is 0 Å². The van der Waals surface area contributed by atoms with E-state index in [1.165, 1.54) is 44.3 Å². The molecule has 3 rings (SSSR count). The molecule has 0 spiro atoms. The first-order chi connectivity index (χ1) is 14.4. The molecular formula is C26H38N4. The van der Waals surface area contributed by atoms with Gasteiger partial charge in [0.15, 0.2) is 0 Å². The molecule has 0 saturated carbocycles. The largest absolute Gasteiger partial charge is 0.373 e. The lowest BCUT2D eigenvalue weighted by Crippen LogP contribution is -2.30. The fraction of sp³-hybridized carbons (Fsp3) is 0.462. The van der Waals surface area contributed by atoms with Crippen molar-refractivity contribution in [3.63, 3.8) is 0 Å². The van der Waals surface area contributed by atoms with Gasteiger partial charge in [-0.2, -0.15) is 0 Å². The molecule has 0 bridgehead atoms. The average Bonchev–Trinajstić information content (AvgIpc) is 2.79. The molecule has 162 valence electrons. The van der Waals surface area contributed by atoms with Gasteiger partial charge in [-0.05, 0) is 50.6 Å². The molecule has 0 unspecified atom stereocenters. The lowest BCUT2D eigenvalue weighted by molar-refractivity contribution is 0.900. The summed E-state index contributed by atoms with van der Waals surface area (Å²) in [7, 11) is 8.88. The van der Waals surface area contributed by atoms with Gasteiger partial charge in [-0.1, -0.05) is 24.3 Å². The fourth-order valence-electron chi connectivity index (χ4n) is 4.24. The molecule has 0 atom stereocenters. The zero-order valence-corrected chi connectivity index (χ0v) is 20.1. The first kappa shape index (κ1) is 22.1. The number of hydrogen-bond acceptors (Lipinski definition) is 4. The summed E-state index contributed by atoms with van der Waals surface area (Å²) in [6, 6.07) is 13.5. The van der Waals surface area contributed by atoms with Crippen LogP contribution in [0, 0.1) is 0 Å².